The van der Waals surface area contributed by atoms with E-state index in [1.165, 1.54) is 31.2 Å². The molecule has 0 radical (unpaired) electrons. The molecule has 1 fully saturated rings. The molecule has 0 aliphatic heterocycles. The van der Waals surface area contributed by atoms with Crippen LogP contribution in [-0.4, -0.2) is 29.9 Å². The van der Waals surface area contributed by atoms with Crippen molar-refractivity contribution in [1.29, 1.82) is 0 Å². The quantitative estimate of drug-likeness (QED) is 0.711. The number of rotatable bonds is 5. The SMILES string of the molecule is CC1CCC(N(C)CC(CBr)c2ccccc2)CC1. The lowest BCUT2D eigenvalue weighted by molar-refractivity contribution is 0.165. The van der Waals surface area contributed by atoms with E-state index in [1.807, 2.05) is 0 Å². The molecule has 1 atom stereocenters. The first-order chi connectivity index (χ1) is 9.20. The maximum Gasteiger partial charge on any atom is 0.0112 e. The van der Waals surface area contributed by atoms with E-state index >= 15 is 0 Å². The van der Waals surface area contributed by atoms with E-state index in [0.717, 1.165) is 23.8 Å². The van der Waals surface area contributed by atoms with Gasteiger partial charge in [0.15, 0.2) is 0 Å². The first-order valence-corrected chi connectivity index (χ1v) is 8.64. The average Bonchev–Trinajstić information content (AvgIpc) is 2.46. The summed E-state index contributed by atoms with van der Waals surface area (Å²) in [5.41, 5.74) is 1.45. The van der Waals surface area contributed by atoms with Crippen molar-refractivity contribution in [3.8, 4) is 0 Å². The van der Waals surface area contributed by atoms with Crippen molar-refractivity contribution in [2.24, 2.45) is 5.92 Å². The normalized spacial score (nSPS) is 25.5. The lowest BCUT2D eigenvalue weighted by Crippen LogP contribution is -2.37. The lowest BCUT2D eigenvalue weighted by Gasteiger charge is -2.35. The Morgan fingerprint density at radius 3 is 2.37 bits per heavy atom. The highest BCUT2D eigenvalue weighted by Crippen LogP contribution is 2.28. The lowest BCUT2D eigenvalue weighted by atomic mass is 9.86. The first-order valence-electron chi connectivity index (χ1n) is 7.52. The Bertz CT molecular complexity index is 357. The van der Waals surface area contributed by atoms with Crippen LogP contribution < -0.4 is 0 Å². The fraction of sp³-hybridized carbons (Fsp3) is 0.647. The molecule has 2 heteroatoms. The van der Waals surface area contributed by atoms with Gasteiger partial charge in [0.25, 0.3) is 0 Å². The molecule has 0 saturated heterocycles. The van der Waals surface area contributed by atoms with Gasteiger partial charge in [0.1, 0.15) is 0 Å². The Labute approximate surface area is 126 Å². The van der Waals surface area contributed by atoms with Crippen LogP contribution in [0.15, 0.2) is 30.3 Å². The molecule has 0 aromatic heterocycles. The Morgan fingerprint density at radius 1 is 1.16 bits per heavy atom. The molecule has 1 unspecified atom stereocenters. The van der Waals surface area contributed by atoms with Crippen LogP contribution in [0, 0.1) is 5.92 Å². The zero-order valence-electron chi connectivity index (χ0n) is 12.2. The van der Waals surface area contributed by atoms with Gasteiger partial charge < -0.3 is 4.90 Å². The van der Waals surface area contributed by atoms with Crippen LogP contribution in [-0.2, 0) is 0 Å². The van der Waals surface area contributed by atoms with Crippen molar-refractivity contribution in [2.75, 3.05) is 18.9 Å². The van der Waals surface area contributed by atoms with E-state index in [9.17, 15) is 0 Å². The molecule has 0 heterocycles. The largest absolute Gasteiger partial charge is 0.303 e. The molecule has 1 nitrogen and oxygen atoms in total. The molecular formula is C17H26BrN. The Kier molecular flexibility index (Phi) is 5.90. The van der Waals surface area contributed by atoms with Crippen molar-refractivity contribution >= 4 is 15.9 Å². The first kappa shape index (κ1) is 15.1. The summed E-state index contributed by atoms with van der Waals surface area (Å²) in [6.45, 7) is 3.55. The van der Waals surface area contributed by atoms with Crippen molar-refractivity contribution in [2.45, 2.75) is 44.6 Å². The van der Waals surface area contributed by atoms with Gasteiger partial charge in [0, 0.05) is 23.8 Å². The van der Waals surface area contributed by atoms with Crippen LogP contribution in [0.25, 0.3) is 0 Å². The van der Waals surface area contributed by atoms with Gasteiger partial charge in [0.05, 0.1) is 0 Å². The highest BCUT2D eigenvalue weighted by Gasteiger charge is 2.23. The van der Waals surface area contributed by atoms with Gasteiger partial charge in [-0.15, -0.1) is 0 Å². The fourth-order valence-electron chi connectivity index (χ4n) is 3.15. The van der Waals surface area contributed by atoms with Gasteiger partial charge in [-0.05, 0) is 44.2 Å². The van der Waals surface area contributed by atoms with Gasteiger partial charge in [-0.1, -0.05) is 53.2 Å². The third-order valence-corrected chi connectivity index (χ3v) is 5.36. The number of nitrogens with zero attached hydrogens (tertiary/aromatic N) is 1. The summed E-state index contributed by atoms with van der Waals surface area (Å²) in [6, 6.07) is 11.7. The number of hydrogen-bond acceptors (Lipinski definition) is 1. The van der Waals surface area contributed by atoms with E-state index in [4.69, 9.17) is 0 Å². The Balaban J connectivity index is 1.91. The van der Waals surface area contributed by atoms with Crippen LogP contribution in [0.5, 0.6) is 0 Å². The van der Waals surface area contributed by atoms with Gasteiger partial charge in [-0.2, -0.15) is 0 Å². The third kappa shape index (κ3) is 4.32. The van der Waals surface area contributed by atoms with E-state index in [-0.39, 0.29) is 0 Å². The predicted molar refractivity (Wildman–Crippen MR) is 87.0 cm³/mol. The number of halogens is 1. The highest BCUT2D eigenvalue weighted by atomic mass is 79.9. The minimum atomic E-state index is 0.602. The van der Waals surface area contributed by atoms with Gasteiger partial charge in [0.2, 0.25) is 0 Å². The van der Waals surface area contributed by atoms with Crippen LogP contribution in [0.3, 0.4) is 0 Å². The molecule has 2 rings (SSSR count). The summed E-state index contributed by atoms with van der Waals surface area (Å²) in [7, 11) is 2.30. The molecule has 0 N–H and O–H groups in total. The number of hydrogen-bond donors (Lipinski definition) is 0. The minimum absolute atomic E-state index is 0.602. The van der Waals surface area contributed by atoms with Crippen molar-refractivity contribution in [3.05, 3.63) is 35.9 Å². The Morgan fingerprint density at radius 2 is 1.79 bits per heavy atom. The molecule has 1 aliphatic rings. The predicted octanol–water partition coefficient (Wildman–Crippen LogP) is 4.68. The van der Waals surface area contributed by atoms with E-state index in [0.29, 0.717) is 5.92 Å². The smallest absolute Gasteiger partial charge is 0.0112 e. The maximum atomic E-state index is 3.69. The summed E-state index contributed by atoms with van der Waals surface area (Å²) >= 11 is 3.69. The number of likely N-dealkylation sites (N-methyl/N-ethyl adjacent to an activating group) is 1. The van der Waals surface area contributed by atoms with Crippen LogP contribution in [0.4, 0.5) is 0 Å². The molecule has 0 bridgehead atoms. The van der Waals surface area contributed by atoms with Gasteiger partial charge >= 0.3 is 0 Å². The van der Waals surface area contributed by atoms with Gasteiger partial charge in [-0.25, -0.2) is 0 Å². The summed E-state index contributed by atoms with van der Waals surface area (Å²) < 4.78 is 0. The van der Waals surface area contributed by atoms with Gasteiger partial charge in [-0.3, -0.25) is 0 Å². The van der Waals surface area contributed by atoms with Crippen molar-refractivity contribution in [1.82, 2.24) is 4.90 Å². The van der Waals surface area contributed by atoms with Crippen molar-refractivity contribution < 1.29 is 0 Å². The van der Waals surface area contributed by atoms with Crippen LogP contribution in [0.2, 0.25) is 0 Å². The molecule has 1 aliphatic carbocycles. The highest BCUT2D eigenvalue weighted by molar-refractivity contribution is 9.09. The maximum absolute atomic E-state index is 3.69. The fourth-order valence-corrected chi connectivity index (χ4v) is 3.73. The third-order valence-electron chi connectivity index (χ3n) is 4.57. The second-order valence-electron chi connectivity index (χ2n) is 6.12. The molecule has 1 saturated carbocycles. The van der Waals surface area contributed by atoms with E-state index < -0.39 is 0 Å². The molecule has 0 spiro atoms. The van der Waals surface area contributed by atoms with E-state index in [2.05, 4.69) is 65.1 Å². The summed E-state index contributed by atoms with van der Waals surface area (Å²) in [5, 5.41) is 1.05. The topological polar surface area (TPSA) is 3.24 Å². The molecule has 19 heavy (non-hydrogen) atoms. The standard InChI is InChI=1S/C17H26BrN/c1-14-8-10-17(11-9-14)19(2)13-16(12-18)15-6-4-3-5-7-15/h3-7,14,16-17H,8-13H2,1-2H3. The van der Waals surface area contributed by atoms with E-state index in [1.54, 1.807) is 0 Å². The zero-order chi connectivity index (χ0) is 13.7. The Hall–Kier alpha value is -0.340. The second-order valence-corrected chi connectivity index (χ2v) is 6.76. The number of benzene rings is 1. The molecule has 106 valence electrons. The molecule has 1 aromatic rings. The molecular weight excluding hydrogens is 298 g/mol. The minimum Gasteiger partial charge on any atom is -0.303 e. The summed E-state index contributed by atoms with van der Waals surface area (Å²) in [5.74, 6) is 1.54. The zero-order valence-corrected chi connectivity index (χ0v) is 13.8. The number of alkyl halides is 1. The van der Waals surface area contributed by atoms with Crippen LogP contribution >= 0.6 is 15.9 Å². The van der Waals surface area contributed by atoms with Crippen molar-refractivity contribution in [3.63, 3.8) is 0 Å². The molecule has 1 aromatic carbocycles. The van der Waals surface area contributed by atoms with Crippen LogP contribution in [0.1, 0.15) is 44.1 Å². The summed E-state index contributed by atoms with van der Waals surface area (Å²) in [4.78, 5) is 2.59. The average molecular weight is 324 g/mol. The monoisotopic (exact) mass is 323 g/mol. The molecule has 0 amide bonds. The summed E-state index contributed by atoms with van der Waals surface area (Å²) in [6.07, 6.45) is 5.56. The second kappa shape index (κ2) is 7.44.